The van der Waals surface area contributed by atoms with Crippen molar-refractivity contribution < 1.29 is 9.53 Å². The highest BCUT2D eigenvalue weighted by atomic mass is 16.6. The zero-order valence-corrected chi connectivity index (χ0v) is 13.9. The third kappa shape index (κ3) is 10.00. The van der Waals surface area contributed by atoms with Crippen molar-refractivity contribution >= 4 is 12.2 Å². The van der Waals surface area contributed by atoms with Crippen LogP contribution in [-0.4, -0.2) is 31.3 Å². The average Bonchev–Trinajstić information content (AvgIpc) is 2.44. The van der Waals surface area contributed by atoms with Gasteiger partial charge in [0.15, 0.2) is 0 Å². The van der Waals surface area contributed by atoms with Crippen LogP contribution in [0.4, 0.5) is 4.79 Å². The van der Waals surface area contributed by atoms with Gasteiger partial charge < -0.3 is 15.4 Å². The summed E-state index contributed by atoms with van der Waals surface area (Å²) < 4.78 is 5.16. The number of amides is 1. The van der Waals surface area contributed by atoms with Crippen molar-refractivity contribution in [1.29, 1.82) is 0 Å². The molecule has 2 N–H and O–H groups in total. The van der Waals surface area contributed by atoms with Crippen LogP contribution in [-0.2, 0) is 4.74 Å². The quantitative estimate of drug-likeness (QED) is 0.722. The number of unbranched alkanes of at least 4 members (excludes halogenated alkanes) is 1. The van der Waals surface area contributed by atoms with Gasteiger partial charge in [-0.2, -0.15) is 0 Å². The number of nitrogens with one attached hydrogen (secondary N) is 2. The molecule has 0 aromatic heterocycles. The minimum absolute atomic E-state index is 0.341. The second-order valence-corrected chi connectivity index (χ2v) is 6.15. The Labute approximate surface area is 133 Å². The molecule has 0 fully saturated rings. The molecule has 0 atom stereocenters. The van der Waals surface area contributed by atoms with Gasteiger partial charge in [0.2, 0.25) is 0 Å². The number of carbonyl (C=O) groups excluding carboxylic acids is 1. The molecule has 0 unspecified atom stereocenters. The van der Waals surface area contributed by atoms with Crippen LogP contribution in [0, 0.1) is 0 Å². The number of alkyl carbamates (subject to hydrolysis) is 1. The Morgan fingerprint density at radius 3 is 2.50 bits per heavy atom. The van der Waals surface area contributed by atoms with Crippen LogP contribution in [0.15, 0.2) is 36.4 Å². The minimum Gasteiger partial charge on any atom is -0.444 e. The van der Waals surface area contributed by atoms with E-state index in [-0.39, 0.29) is 6.09 Å². The molecule has 4 heteroatoms. The van der Waals surface area contributed by atoms with E-state index in [1.807, 2.05) is 39.0 Å². The number of hydrogen-bond donors (Lipinski definition) is 2. The molecule has 0 aliphatic rings. The second kappa shape index (κ2) is 10.0. The molecule has 0 aliphatic heterocycles. The Bertz CT molecular complexity index is 450. The van der Waals surface area contributed by atoms with E-state index in [9.17, 15) is 4.79 Å². The smallest absolute Gasteiger partial charge is 0.407 e. The van der Waals surface area contributed by atoms with Gasteiger partial charge in [-0.3, -0.25) is 0 Å². The molecular weight excluding hydrogens is 276 g/mol. The van der Waals surface area contributed by atoms with Gasteiger partial charge in [-0.15, -0.1) is 0 Å². The highest BCUT2D eigenvalue weighted by Crippen LogP contribution is 2.06. The van der Waals surface area contributed by atoms with Crippen LogP contribution < -0.4 is 10.6 Å². The summed E-state index contributed by atoms with van der Waals surface area (Å²) in [7, 11) is 0. The van der Waals surface area contributed by atoms with Crippen LogP contribution in [0.3, 0.4) is 0 Å². The van der Waals surface area contributed by atoms with E-state index in [1.54, 1.807) is 0 Å². The third-order valence-electron chi connectivity index (χ3n) is 2.82. The first-order valence-electron chi connectivity index (χ1n) is 7.86. The van der Waals surface area contributed by atoms with E-state index in [2.05, 4.69) is 34.9 Å². The van der Waals surface area contributed by atoms with Gasteiger partial charge in [-0.1, -0.05) is 42.5 Å². The fraction of sp³-hybridized carbons (Fsp3) is 0.500. The molecule has 0 radical (unpaired) electrons. The Kier molecular flexibility index (Phi) is 8.30. The zero-order chi connectivity index (χ0) is 16.3. The normalized spacial score (nSPS) is 11.6. The second-order valence-electron chi connectivity index (χ2n) is 6.15. The number of hydrogen-bond acceptors (Lipinski definition) is 3. The molecular formula is C18H28N2O2. The Morgan fingerprint density at radius 1 is 1.14 bits per heavy atom. The molecule has 0 aliphatic carbocycles. The largest absolute Gasteiger partial charge is 0.444 e. The highest BCUT2D eigenvalue weighted by Gasteiger charge is 2.15. The first kappa shape index (κ1) is 18.2. The molecule has 0 spiro atoms. The van der Waals surface area contributed by atoms with Crippen molar-refractivity contribution in [2.75, 3.05) is 19.6 Å². The standard InChI is InChI=1S/C18H28N2O2/c1-18(2,3)22-17(21)20-15-8-7-13-19-14-9-12-16-10-5-4-6-11-16/h4-6,9-12,19H,7-8,13-15H2,1-3H3,(H,20,21). The molecule has 0 saturated heterocycles. The molecule has 1 rings (SSSR count). The lowest BCUT2D eigenvalue weighted by molar-refractivity contribution is 0.0527. The van der Waals surface area contributed by atoms with Crippen LogP contribution in [0.1, 0.15) is 39.2 Å². The monoisotopic (exact) mass is 304 g/mol. The Morgan fingerprint density at radius 2 is 1.82 bits per heavy atom. The minimum atomic E-state index is -0.434. The lowest BCUT2D eigenvalue weighted by atomic mass is 10.2. The van der Waals surface area contributed by atoms with Crippen molar-refractivity contribution in [3.63, 3.8) is 0 Å². The van der Waals surface area contributed by atoms with E-state index in [1.165, 1.54) is 5.56 Å². The molecule has 1 aromatic carbocycles. The predicted molar refractivity (Wildman–Crippen MR) is 91.8 cm³/mol. The zero-order valence-electron chi connectivity index (χ0n) is 13.9. The van der Waals surface area contributed by atoms with Gasteiger partial charge >= 0.3 is 6.09 Å². The summed E-state index contributed by atoms with van der Waals surface area (Å²) in [5.41, 5.74) is 0.780. The summed E-state index contributed by atoms with van der Waals surface area (Å²) in [6.07, 6.45) is 5.85. The predicted octanol–water partition coefficient (Wildman–Crippen LogP) is 3.59. The summed E-state index contributed by atoms with van der Waals surface area (Å²) in [5.74, 6) is 0. The van der Waals surface area contributed by atoms with Crippen molar-refractivity contribution in [2.24, 2.45) is 0 Å². The molecule has 22 heavy (non-hydrogen) atoms. The van der Waals surface area contributed by atoms with Crippen LogP contribution in [0.2, 0.25) is 0 Å². The topological polar surface area (TPSA) is 50.4 Å². The summed E-state index contributed by atoms with van der Waals surface area (Å²) in [6.45, 7) is 8.03. The Hall–Kier alpha value is -1.81. The van der Waals surface area contributed by atoms with Crippen molar-refractivity contribution in [1.82, 2.24) is 10.6 Å². The average molecular weight is 304 g/mol. The first-order chi connectivity index (χ1) is 10.5. The van der Waals surface area contributed by atoms with Crippen LogP contribution in [0.25, 0.3) is 6.08 Å². The van der Waals surface area contributed by atoms with Crippen LogP contribution in [0.5, 0.6) is 0 Å². The molecule has 122 valence electrons. The van der Waals surface area contributed by atoms with Gasteiger partial charge in [0.05, 0.1) is 0 Å². The first-order valence-corrected chi connectivity index (χ1v) is 7.86. The maximum Gasteiger partial charge on any atom is 0.407 e. The molecule has 0 saturated carbocycles. The van der Waals surface area contributed by atoms with E-state index in [4.69, 9.17) is 4.74 Å². The van der Waals surface area contributed by atoms with E-state index < -0.39 is 5.60 Å². The Balaban J connectivity index is 1.96. The highest BCUT2D eigenvalue weighted by molar-refractivity contribution is 5.67. The number of ether oxygens (including phenoxy) is 1. The third-order valence-corrected chi connectivity index (χ3v) is 2.82. The maximum atomic E-state index is 11.4. The number of carbonyl (C=O) groups is 1. The van der Waals surface area contributed by atoms with Gasteiger partial charge in [-0.25, -0.2) is 4.79 Å². The summed E-state index contributed by atoms with van der Waals surface area (Å²) in [4.78, 5) is 11.4. The number of rotatable bonds is 8. The van der Waals surface area contributed by atoms with E-state index in [0.29, 0.717) is 6.54 Å². The fourth-order valence-corrected chi connectivity index (χ4v) is 1.82. The lowest BCUT2D eigenvalue weighted by Gasteiger charge is -2.19. The molecule has 1 amide bonds. The van der Waals surface area contributed by atoms with E-state index >= 15 is 0 Å². The van der Waals surface area contributed by atoms with Gasteiger partial charge in [0, 0.05) is 13.1 Å². The summed E-state index contributed by atoms with van der Waals surface area (Å²) >= 11 is 0. The number of benzene rings is 1. The van der Waals surface area contributed by atoms with Crippen molar-refractivity contribution in [3.8, 4) is 0 Å². The maximum absolute atomic E-state index is 11.4. The van der Waals surface area contributed by atoms with E-state index in [0.717, 1.165) is 25.9 Å². The van der Waals surface area contributed by atoms with Crippen molar-refractivity contribution in [3.05, 3.63) is 42.0 Å². The van der Waals surface area contributed by atoms with Gasteiger partial charge in [0.25, 0.3) is 0 Å². The molecule has 0 heterocycles. The summed E-state index contributed by atoms with van der Waals surface area (Å²) in [6, 6.07) is 10.2. The van der Waals surface area contributed by atoms with Crippen molar-refractivity contribution in [2.45, 2.75) is 39.2 Å². The summed E-state index contributed by atoms with van der Waals surface area (Å²) in [5, 5.41) is 6.11. The lowest BCUT2D eigenvalue weighted by Crippen LogP contribution is -2.33. The molecule has 1 aromatic rings. The van der Waals surface area contributed by atoms with Gasteiger partial charge in [-0.05, 0) is 45.7 Å². The SMILES string of the molecule is CC(C)(C)OC(=O)NCCCCNCC=Cc1ccccc1. The van der Waals surface area contributed by atoms with Gasteiger partial charge in [0.1, 0.15) is 5.60 Å². The van der Waals surface area contributed by atoms with Crippen LogP contribution >= 0.6 is 0 Å². The molecule has 0 bridgehead atoms. The molecule has 4 nitrogen and oxygen atoms in total. The fourth-order valence-electron chi connectivity index (χ4n) is 1.82.